The number of nitrogens with one attached hydrogen (secondary N) is 1. The van der Waals surface area contributed by atoms with Gasteiger partial charge in [-0.25, -0.2) is 0 Å². The molecule has 1 saturated carbocycles. The lowest BCUT2D eigenvalue weighted by Gasteiger charge is -2.28. The number of aryl methyl sites for hydroxylation is 2. The highest BCUT2D eigenvalue weighted by Crippen LogP contribution is 2.41. The molecule has 2 amide bonds. The fraction of sp³-hybridized carbons (Fsp3) is 0.444. The third-order valence-electron chi connectivity index (χ3n) is 4.88. The number of hydrogen-bond donors (Lipinski definition) is 1. The highest BCUT2D eigenvalue weighted by molar-refractivity contribution is 5.94. The summed E-state index contributed by atoms with van der Waals surface area (Å²) in [5.41, 5.74) is 2.25. The Hall–Kier alpha value is -2.70. The van der Waals surface area contributed by atoms with Crippen LogP contribution in [-0.2, 0) is 11.8 Å². The number of carbonyl (C=O) groups is 2. The van der Waals surface area contributed by atoms with E-state index in [1.54, 1.807) is 30.2 Å². The number of hydrogen-bond acceptors (Lipinski definition) is 4. The Balaban J connectivity index is 1.62. The maximum absolute atomic E-state index is 12.7. The number of amides is 2. The standard InChI is InChI=1S/C18H21N5O2/c1-11-8-15(22(2)21-11)18(25)20-14-9-16(24)23(13-5-6-13)17(14)12-4-3-7-19-10-12/h3-4,7-8,10,13-14,17H,5-6,9H2,1-2H3,(H,20,25)/t14-,17+/m1/s1. The van der Waals surface area contributed by atoms with E-state index in [4.69, 9.17) is 0 Å². The molecule has 7 heteroatoms. The third kappa shape index (κ3) is 2.90. The predicted molar refractivity (Wildman–Crippen MR) is 90.7 cm³/mol. The van der Waals surface area contributed by atoms with Crippen LogP contribution in [0, 0.1) is 6.92 Å². The lowest BCUT2D eigenvalue weighted by atomic mass is 10.0. The summed E-state index contributed by atoms with van der Waals surface area (Å²) >= 11 is 0. The van der Waals surface area contributed by atoms with Gasteiger partial charge < -0.3 is 10.2 Å². The van der Waals surface area contributed by atoms with Crippen LogP contribution in [0.1, 0.15) is 47.1 Å². The SMILES string of the molecule is Cc1cc(C(=O)N[C@@H]2CC(=O)N(C3CC3)[C@H]2c2cccnc2)n(C)n1. The Bertz CT molecular complexity index is 812. The summed E-state index contributed by atoms with van der Waals surface area (Å²) in [4.78, 5) is 31.4. The number of rotatable bonds is 4. The quantitative estimate of drug-likeness (QED) is 0.912. The third-order valence-corrected chi connectivity index (χ3v) is 4.88. The first kappa shape index (κ1) is 15.8. The summed E-state index contributed by atoms with van der Waals surface area (Å²) in [6, 6.07) is 5.46. The molecule has 7 nitrogen and oxygen atoms in total. The van der Waals surface area contributed by atoms with Crippen molar-refractivity contribution >= 4 is 11.8 Å². The van der Waals surface area contributed by atoms with Gasteiger partial charge in [-0.2, -0.15) is 5.10 Å². The maximum atomic E-state index is 12.7. The Morgan fingerprint density at radius 2 is 2.16 bits per heavy atom. The molecule has 25 heavy (non-hydrogen) atoms. The first-order valence-electron chi connectivity index (χ1n) is 8.57. The summed E-state index contributed by atoms with van der Waals surface area (Å²) in [6.45, 7) is 1.85. The Kier molecular flexibility index (Phi) is 3.78. The van der Waals surface area contributed by atoms with E-state index in [1.807, 2.05) is 24.0 Å². The van der Waals surface area contributed by atoms with Crippen molar-refractivity contribution < 1.29 is 9.59 Å². The molecule has 2 fully saturated rings. The van der Waals surface area contributed by atoms with Gasteiger partial charge in [0, 0.05) is 31.9 Å². The molecule has 0 bridgehead atoms. The van der Waals surface area contributed by atoms with Crippen LogP contribution in [0.3, 0.4) is 0 Å². The topological polar surface area (TPSA) is 80.1 Å². The molecule has 0 radical (unpaired) electrons. The second-order valence-corrected chi connectivity index (χ2v) is 6.84. The maximum Gasteiger partial charge on any atom is 0.269 e. The van der Waals surface area contributed by atoms with E-state index in [0.717, 1.165) is 24.1 Å². The van der Waals surface area contributed by atoms with Gasteiger partial charge in [-0.15, -0.1) is 0 Å². The van der Waals surface area contributed by atoms with Gasteiger partial charge >= 0.3 is 0 Å². The van der Waals surface area contributed by atoms with Crippen molar-refractivity contribution in [2.45, 2.75) is 44.3 Å². The van der Waals surface area contributed by atoms with Crippen molar-refractivity contribution in [3.63, 3.8) is 0 Å². The van der Waals surface area contributed by atoms with Crippen LogP contribution in [0.15, 0.2) is 30.6 Å². The van der Waals surface area contributed by atoms with Crippen molar-refractivity contribution in [3.8, 4) is 0 Å². The van der Waals surface area contributed by atoms with E-state index in [2.05, 4.69) is 15.4 Å². The molecule has 2 aromatic rings. The summed E-state index contributed by atoms with van der Waals surface area (Å²) < 4.78 is 1.57. The van der Waals surface area contributed by atoms with E-state index in [0.29, 0.717) is 18.2 Å². The highest BCUT2D eigenvalue weighted by atomic mass is 16.2. The zero-order valence-electron chi connectivity index (χ0n) is 14.3. The smallest absolute Gasteiger partial charge is 0.269 e. The van der Waals surface area contributed by atoms with Gasteiger partial charge in [-0.05, 0) is 37.5 Å². The Morgan fingerprint density at radius 3 is 2.76 bits per heavy atom. The summed E-state index contributed by atoms with van der Waals surface area (Å²) in [5, 5.41) is 7.27. The summed E-state index contributed by atoms with van der Waals surface area (Å²) in [6.07, 6.45) is 5.88. The van der Waals surface area contributed by atoms with Crippen LogP contribution in [0.4, 0.5) is 0 Å². The number of pyridine rings is 1. The van der Waals surface area contributed by atoms with Crippen LogP contribution in [0.2, 0.25) is 0 Å². The van der Waals surface area contributed by atoms with E-state index < -0.39 is 0 Å². The molecule has 1 saturated heterocycles. The molecule has 2 aliphatic rings. The van der Waals surface area contributed by atoms with Gasteiger partial charge in [0.2, 0.25) is 5.91 Å². The lowest BCUT2D eigenvalue weighted by molar-refractivity contribution is -0.129. The van der Waals surface area contributed by atoms with Gasteiger partial charge in [-0.1, -0.05) is 6.07 Å². The van der Waals surface area contributed by atoms with Crippen molar-refractivity contribution in [3.05, 3.63) is 47.5 Å². The number of aromatic nitrogens is 3. The number of carbonyl (C=O) groups excluding carboxylic acids is 2. The van der Waals surface area contributed by atoms with Crippen molar-refractivity contribution in [2.75, 3.05) is 0 Å². The minimum absolute atomic E-state index is 0.0999. The van der Waals surface area contributed by atoms with Gasteiger partial charge in [0.05, 0.1) is 17.8 Å². The molecule has 0 spiro atoms. The number of likely N-dealkylation sites (tertiary alicyclic amines) is 1. The fourth-order valence-corrected chi connectivity index (χ4v) is 3.68. The van der Waals surface area contributed by atoms with Crippen LogP contribution >= 0.6 is 0 Å². The summed E-state index contributed by atoms with van der Waals surface area (Å²) in [7, 11) is 1.75. The van der Waals surface area contributed by atoms with Crippen LogP contribution in [0.5, 0.6) is 0 Å². The zero-order valence-corrected chi connectivity index (χ0v) is 14.3. The lowest BCUT2D eigenvalue weighted by Crippen LogP contribution is -2.41. The highest BCUT2D eigenvalue weighted by Gasteiger charge is 2.47. The minimum atomic E-state index is -0.264. The molecule has 1 aliphatic heterocycles. The minimum Gasteiger partial charge on any atom is -0.345 e. The second-order valence-electron chi connectivity index (χ2n) is 6.84. The molecule has 130 valence electrons. The van der Waals surface area contributed by atoms with Crippen LogP contribution < -0.4 is 5.32 Å². The van der Waals surface area contributed by atoms with Crippen LogP contribution in [-0.4, -0.2) is 43.6 Å². The van der Waals surface area contributed by atoms with Crippen molar-refractivity contribution in [1.82, 2.24) is 25.0 Å². The van der Waals surface area contributed by atoms with Gasteiger partial charge in [-0.3, -0.25) is 19.3 Å². The average molecular weight is 339 g/mol. The molecular weight excluding hydrogens is 318 g/mol. The number of nitrogens with zero attached hydrogens (tertiary/aromatic N) is 4. The van der Waals surface area contributed by atoms with Crippen molar-refractivity contribution in [2.24, 2.45) is 7.05 Å². The Labute approximate surface area is 146 Å². The summed E-state index contributed by atoms with van der Waals surface area (Å²) in [5.74, 6) is -0.102. The largest absolute Gasteiger partial charge is 0.345 e. The monoisotopic (exact) mass is 339 g/mol. The van der Waals surface area contributed by atoms with E-state index >= 15 is 0 Å². The molecule has 3 heterocycles. The Morgan fingerprint density at radius 1 is 1.36 bits per heavy atom. The fourth-order valence-electron chi connectivity index (χ4n) is 3.68. The molecule has 2 atom stereocenters. The first-order valence-corrected chi connectivity index (χ1v) is 8.57. The first-order chi connectivity index (χ1) is 12.0. The molecule has 0 unspecified atom stereocenters. The molecule has 2 aromatic heterocycles. The van der Waals surface area contributed by atoms with Crippen LogP contribution in [0.25, 0.3) is 0 Å². The van der Waals surface area contributed by atoms with Crippen molar-refractivity contribution in [1.29, 1.82) is 0 Å². The molecule has 4 rings (SSSR count). The zero-order chi connectivity index (χ0) is 17.6. The van der Waals surface area contributed by atoms with E-state index in [9.17, 15) is 9.59 Å². The average Bonchev–Trinajstić information content (AvgIpc) is 3.29. The van der Waals surface area contributed by atoms with Gasteiger partial charge in [0.25, 0.3) is 5.91 Å². The van der Waals surface area contributed by atoms with Gasteiger partial charge in [0.15, 0.2) is 0 Å². The second kappa shape index (κ2) is 5.98. The van der Waals surface area contributed by atoms with E-state index in [1.165, 1.54) is 0 Å². The van der Waals surface area contributed by atoms with Gasteiger partial charge in [0.1, 0.15) is 5.69 Å². The molecule has 1 N–H and O–H groups in total. The predicted octanol–water partition coefficient (Wildman–Crippen LogP) is 1.36. The molecule has 0 aromatic carbocycles. The van der Waals surface area contributed by atoms with E-state index in [-0.39, 0.29) is 23.9 Å². The normalized spacial score (nSPS) is 23.1. The molecular formula is C18H21N5O2. The molecule has 1 aliphatic carbocycles.